The van der Waals surface area contributed by atoms with Crippen LogP contribution in [0.2, 0.25) is 0 Å². The van der Waals surface area contributed by atoms with E-state index in [0.717, 1.165) is 11.0 Å². The molecular formula is C16H17N3OS. The molecule has 4 nitrogen and oxygen atoms in total. The lowest BCUT2D eigenvalue weighted by atomic mass is 10.2. The smallest absolute Gasteiger partial charge is 0.271 e. The Hall–Kier alpha value is -1.98. The molecule has 1 atom stereocenters. The molecule has 5 heteroatoms. The fourth-order valence-electron chi connectivity index (χ4n) is 2.29. The van der Waals surface area contributed by atoms with Crippen molar-refractivity contribution < 1.29 is 0 Å². The van der Waals surface area contributed by atoms with Gasteiger partial charge in [-0.25, -0.2) is 4.98 Å². The largest absolute Gasteiger partial charge is 0.319 e. The Kier molecular flexibility index (Phi) is 3.86. The third-order valence-corrected chi connectivity index (χ3v) is 4.73. The first-order valence-corrected chi connectivity index (χ1v) is 7.74. The van der Waals surface area contributed by atoms with Crippen molar-refractivity contribution in [3.05, 3.63) is 62.7 Å². The number of benzene rings is 1. The van der Waals surface area contributed by atoms with Crippen molar-refractivity contribution in [1.29, 1.82) is 0 Å². The summed E-state index contributed by atoms with van der Waals surface area (Å²) in [6.07, 6.45) is 0. The minimum Gasteiger partial charge on any atom is -0.319 e. The molecule has 0 aliphatic rings. The summed E-state index contributed by atoms with van der Waals surface area (Å²) >= 11 is 1.73. The lowest BCUT2D eigenvalue weighted by molar-refractivity contribution is 0.252. The van der Waals surface area contributed by atoms with Gasteiger partial charge in [-0.05, 0) is 37.6 Å². The Labute approximate surface area is 127 Å². The third kappa shape index (κ3) is 2.89. The van der Waals surface area contributed by atoms with Crippen LogP contribution in [0.25, 0.3) is 11.0 Å². The lowest BCUT2D eigenvalue weighted by Crippen LogP contribution is -2.26. The van der Waals surface area contributed by atoms with E-state index >= 15 is 0 Å². The molecule has 1 aromatic carbocycles. The molecule has 21 heavy (non-hydrogen) atoms. The summed E-state index contributed by atoms with van der Waals surface area (Å²) in [5.41, 5.74) is 2.04. The van der Waals surface area contributed by atoms with Gasteiger partial charge in [0.05, 0.1) is 11.0 Å². The van der Waals surface area contributed by atoms with E-state index in [1.54, 1.807) is 11.3 Å². The number of hydrogen-bond acceptors (Lipinski definition) is 4. The molecule has 0 saturated carbocycles. The summed E-state index contributed by atoms with van der Waals surface area (Å²) in [7, 11) is 2.01. The predicted octanol–water partition coefficient (Wildman–Crippen LogP) is 3.18. The molecule has 0 unspecified atom stereocenters. The van der Waals surface area contributed by atoms with Crippen LogP contribution in [0.4, 0.5) is 0 Å². The van der Waals surface area contributed by atoms with Gasteiger partial charge < -0.3 is 4.98 Å². The molecule has 108 valence electrons. The molecule has 0 bridgehead atoms. The second-order valence-corrected chi connectivity index (χ2v) is 6.12. The number of thiophene rings is 1. The molecule has 0 aliphatic carbocycles. The van der Waals surface area contributed by atoms with Gasteiger partial charge in [0.1, 0.15) is 5.69 Å². The molecule has 2 aromatic heterocycles. The molecular weight excluding hydrogens is 282 g/mol. The molecule has 2 heterocycles. The van der Waals surface area contributed by atoms with Gasteiger partial charge in [0.15, 0.2) is 0 Å². The fraction of sp³-hybridized carbons (Fsp3) is 0.250. The molecule has 0 spiro atoms. The Balaban J connectivity index is 1.87. The van der Waals surface area contributed by atoms with E-state index in [4.69, 9.17) is 0 Å². The van der Waals surface area contributed by atoms with E-state index < -0.39 is 0 Å². The van der Waals surface area contributed by atoms with Crippen molar-refractivity contribution >= 4 is 22.4 Å². The van der Waals surface area contributed by atoms with Crippen molar-refractivity contribution in [3.8, 4) is 0 Å². The van der Waals surface area contributed by atoms with E-state index in [2.05, 4.69) is 33.2 Å². The number of nitrogens with zero attached hydrogens (tertiary/aromatic N) is 2. The maximum absolute atomic E-state index is 12.1. The summed E-state index contributed by atoms with van der Waals surface area (Å²) in [4.78, 5) is 23.0. The van der Waals surface area contributed by atoms with Gasteiger partial charge in [0, 0.05) is 17.5 Å². The van der Waals surface area contributed by atoms with Crippen molar-refractivity contribution in [2.45, 2.75) is 19.5 Å². The highest BCUT2D eigenvalue weighted by Gasteiger charge is 2.15. The van der Waals surface area contributed by atoms with Gasteiger partial charge in [0.2, 0.25) is 0 Å². The summed E-state index contributed by atoms with van der Waals surface area (Å²) in [6.45, 7) is 2.67. The van der Waals surface area contributed by atoms with Crippen LogP contribution in [0, 0.1) is 0 Å². The first kappa shape index (κ1) is 14.0. The Morgan fingerprint density at radius 3 is 2.86 bits per heavy atom. The van der Waals surface area contributed by atoms with Crippen LogP contribution < -0.4 is 5.56 Å². The normalized spacial score (nSPS) is 12.9. The van der Waals surface area contributed by atoms with Crippen LogP contribution in [0.15, 0.2) is 46.6 Å². The van der Waals surface area contributed by atoms with Crippen molar-refractivity contribution in [2.75, 3.05) is 7.05 Å². The SMILES string of the molecule is C[C@H](c1cccs1)N(C)Cc1nc2ccccc2[nH]c1=O. The minimum absolute atomic E-state index is 0.112. The number of nitrogens with one attached hydrogen (secondary N) is 1. The van der Waals surface area contributed by atoms with Gasteiger partial charge in [0.25, 0.3) is 5.56 Å². The zero-order chi connectivity index (χ0) is 14.8. The number of H-pyrrole nitrogens is 1. The van der Waals surface area contributed by atoms with E-state index in [9.17, 15) is 4.79 Å². The van der Waals surface area contributed by atoms with Gasteiger partial charge in [-0.3, -0.25) is 9.69 Å². The first-order valence-electron chi connectivity index (χ1n) is 6.87. The lowest BCUT2D eigenvalue weighted by Gasteiger charge is -2.23. The summed E-state index contributed by atoms with van der Waals surface area (Å²) in [5, 5.41) is 2.07. The molecule has 0 aliphatic heterocycles. The average Bonchev–Trinajstić information content (AvgIpc) is 3.01. The van der Waals surface area contributed by atoms with Crippen molar-refractivity contribution in [1.82, 2.24) is 14.9 Å². The minimum atomic E-state index is -0.112. The molecule has 3 aromatic rings. The van der Waals surface area contributed by atoms with E-state index in [1.165, 1.54) is 4.88 Å². The van der Waals surface area contributed by atoms with Gasteiger partial charge >= 0.3 is 0 Å². The number of aromatic nitrogens is 2. The van der Waals surface area contributed by atoms with Crippen LogP contribution in [-0.4, -0.2) is 21.9 Å². The van der Waals surface area contributed by atoms with Crippen LogP contribution in [0.1, 0.15) is 23.5 Å². The second kappa shape index (κ2) is 5.79. The number of hydrogen-bond donors (Lipinski definition) is 1. The molecule has 0 fully saturated rings. The van der Waals surface area contributed by atoms with Gasteiger partial charge in [-0.2, -0.15) is 0 Å². The Bertz CT molecular complexity index is 795. The highest BCUT2D eigenvalue weighted by atomic mass is 32.1. The maximum atomic E-state index is 12.1. The third-order valence-electron chi connectivity index (χ3n) is 3.69. The molecule has 3 rings (SSSR count). The predicted molar refractivity (Wildman–Crippen MR) is 86.6 cm³/mol. The first-order chi connectivity index (χ1) is 10.1. The average molecular weight is 299 g/mol. The monoisotopic (exact) mass is 299 g/mol. The highest BCUT2D eigenvalue weighted by molar-refractivity contribution is 7.10. The fourth-order valence-corrected chi connectivity index (χ4v) is 3.14. The maximum Gasteiger partial charge on any atom is 0.271 e. The highest BCUT2D eigenvalue weighted by Crippen LogP contribution is 2.24. The summed E-state index contributed by atoms with van der Waals surface area (Å²) in [6, 6.07) is 12.0. The van der Waals surface area contributed by atoms with E-state index in [-0.39, 0.29) is 11.6 Å². The second-order valence-electron chi connectivity index (χ2n) is 5.14. The van der Waals surface area contributed by atoms with Crippen LogP contribution in [-0.2, 0) is 6.54 Å². The Morgan fingerprint density at radius 1 is 1.29 bits per heavy atom. The number of rotatable bonds is 4. The topological polar surface area (TPSA) is 49.0 Å². The molecule has 0 saturated heterocycles. The van der Waals surface area contributed by atoms with Crippen molar-refractivity contribution in [2.24, 2.45) is 0 Å². The number of para-hydroxylation sites is 2. The van der Waals surface area contributed by atoms with Crippen molar-refractivity contribution in [3.63, 3.8) is 0 Å². The Morgan fingerprint density at radius 2 is 2.10 bits per heavy atom. The number of aromatic amines is 1. The zero-order valence-electron chi connectivity index (χ0n) is 12.0. The van der Waals surface area contributed by atoms with Crippen LogP contribution in [0.3, 0.4) is 0 Å². The molecule has 1 N–H and O–H groups in total. The van der Waals surface area contributed by atoms with Gasteiger partial charge in [-0.15, -0.1) is 11.3 Å². The molecule has 0 amide bonds. The zero-order valence-corrected chi connectivity index (χ0v) is 12.9. The quantitative estimate of drug-likeness (QED) is 0.805. The van der Waals surface area contributed by atoms with Gasteiger partial charge in [-0.1, -0.05) is 18.2 Å². The van der Waals surface area contributed by atoms with Crippen LogP contribution >= 0.6 is 11.3 Å². The molecule has 0 radical (unpaired) electrons. The van der Waals surface area contributed by atoms with Crippen LogP contribution in [0.5, 0.6) is 0 Å². The number of fused-ring (bicyclic) bond motifs is 1. The summed E-state index contributed by atoms with van der Waals surface area (Å²) < 4.78 is 0. The van der Waals surface area contributed by atoms with E-state index in [0.29, 0.717) is 12.2 Å². The van der Waals surface area contributed by atoms with E-state index in [1.807, 2.05) is 37.4 Å². The summed E-state index contributed by atoms with van der Waals surface area (Å²) in [5.74, 6) is 0. The standard InChI is InChI=1S/C16H17N3OS/c1-11(15-8-5-9-21-15)19(2)10-14-16(20)18-13-7-4-3-6-12(13)17-14/h3-9,11H,10H2,1-2H3,(H,18,20)/t11-/m1/s1.